The van der Waals surface area contributed by atoms with E-state index in [1.54, 1.807) is 36.4 Å². The molecule has 0 amide bonds. The van der Waals surface area contributed by atoms with Gasteiger partial charge >= 0.3 is 0 Å². The molecular weight excluding hydrogens is 264 g/mol. The largest absolute Gasteiger partial charge is 0.289 e. The summed E-state index contributed by atoms with van der Waals surface area (Å²) in [6.45, 7) is 0. The number of rotatable bonds is 4. The van der Waals surface area contributed by atoms with E-state index in [9.17, 15) is 9.70 Å². The van der Waals surface area contributed by atoms with Crippen molar-refractivity contribution in [3.05, 3.63) is 69.6 Å². The van der Waals surface area contributed by atoms with Gasteiger partial charge in [-0.25, -0.2) is 5.01 Å². The average molecular weight is 275 g/mol. The van der Waals surface area contributed by atoms with Crippen LogP contribution in [-0.2, 0) is 0 Å². The van der Waals surface area contributed by atoms with Crippen molar-refractivity contribution in [3.8, 4) is 0 Å². The number of carbonyl (C=O) groups excluding carboxylic acids is 1. The number of halogens is 1. The molecule has 0 aliphatic rings. The fourth-order valence-electron chi connectivity index (χ4n) is 1.76. The molecule has 5 heteroatoms. The first-order chi connectivity index (χ1) is 9.13. The van der Waals surface area contributed by atoms with Crippen molar-refractivity contribution in [2.75, 3.05) is 12.1 Å². The Morgan fingerprint density at radius 1 is 1.16 bits per heavy atom. The van der Waals surface area contributed by atoms with Crippen LogP contribution in [0.25, 0.3) is 0 Å². The number of hydrogen-bond donors (Lipinski definition) is 0. The summed E-state index contributed by atoms with van der Waals surface area (Å²) >= 11 is 5.92. The highest BCUT2D eigenvalue weighted by Crippen LogP contribution is 2.26. The van der Waals surface area contributed by atoms with Crippen LogP contribution in [0.4, 0.5) is 5.69 Å². The highest BCUT2D eigenvalue weighted by molar-refractivity contribution is 6.31. The predicted molar refractivity (Wildman–Crippen MR) is 75.5 cm³/mol. The summed E-state index contributed by atoms with van der Waals surface area (Å²) in [7, 11) is 1.48. The van der Waals surface area contributed by atoms with Crippen molar-refractivity contribution >= 4 is 23.1 Å². The van der Waals surface area contributed by atoms with Crippen LogP contribution in [0.1, 0.15) is 15.9 Å². The number of carbonyl (C=O) groups is 1. The molecule has 0 aromatic heterocycles. The van der Waals surface area contributed by atoms with E-state index < -0.39 is 0 Å². The van der Waals surface area contributed by atoms with Crippen molar-refractivity contribution in [1.29, 1.82) is 0 Å². The summed E-state index contributed by atoms with van der Waals surface area (Å²) in [4.78, 5) is 23.0. The van der Waals surface area contributed by atoms with Gasteiger partial charge < -0.3 is 0 Å². The lowest BCUT2D eigenvalue weighted by molar-refractivity contribution is 0.103. The van der Waals surface area contributed by atoms with E-state index in [1.807, 2.05) is 6.07 Å². The van der Waals surface area contributed by atoms with Gasteiger partial charge in [-0.1, -0.05) is 41.9 Å². The lowest BCUT2D eigenvalue weighted by atomic mass is 10.0. The summed E-state index contributed by atoms with van der Waals surface area (Å²) in [5.41, 5.74) is 1.30. The first-order valence-corrected chi connectivity index (χ1v) is 5.97. The third-order valence-corrected chi connectivity index (χ3v) is 2.95. The maximum atomic E-state index is 12.4. The minimum absolute atomic E-state index is 0.200. The number of nitroso groups, excluding NO2 is 1. The summed E-state index contributed by atoms with van der Waals surface area (Å²) in [5, 5.41) is 4.35. The molecule has 0 saturated carbocycles. The second-order valence-electron chi connectivity index (χ2n) is 3.96. The van der Waals surface area contributed by atoms with E-state index in [-0.39, 0.29) is 5.78 Å². The van der Waals surface area contributed by atoms with Crippen LogP contribution in [0.2, 0.25) is 5.02 Å². The fourth-order valence-corrected chi connectivity index (χ4v) is 1.93. The first-order valence-electron chi connectivity index (χ1n) is 5.60. The molecular formula is C14H11ClN2O2. The summed E-state index contributed by atoms with van der Waals surface area (Å²) in [6.07, 6.45) is 0. The van der Waals surface area contributed by atoms with Gasteiger partial charge in [0.25, 0.3) is 0 Å². The van der Waals surface area contributed by atoms with Gasteiger partial charge in [-0.05, 0) is 18.2 Å². The maximum Gasteiger partial charge on any atom is 0.195 e. The maximum absolute atomic E-state index is 12.4. The molecule has 0 spiro atoms. The smallest absolute Gasteiger partial charge is 0.195 e. The number of anilines is 1. The summed E-state index contributed by atoms with van der Waals surface area (Å²) in [5.74, 6) is -0.200. The summed E-state index contributed by atoms with van der Waals surface area (Å²) < 4.78 is 0. The lowest BCUT2D eigenvalue weighted by Crippen LogP contribution is -2.13. The van der Waals surface area contributed by atoms with Crippen LogP contribution in [0, 0.1) is 4.91 Å². The minimum atomic E-state index is -0.200. The second kappa shape index (κ2) is 5.63. The number of hydrogen-bond acceptors (Lipinski definition) is 3. The van der Waals surface area contributed by atoms with Crippen molar-refractivity contribution < 1.29 is 4.79 Å². The van der Waals surface area contributed by atoms with Gasteiger partial charge in [0.2, 0.25) is 0 Å². The van der Waals surface area contributed by atoms with Crippen molar-refractivity contribution in [3.63, 3.8) is 0 Å². The number of nitrogens with zero attached hydrogens (tertiary/aromatic N) is 2. The molecule has 2 aromatic rings. The van der Waals surface area contributed by atoms with E-state index in [2.05, 4.69) is 5.29 Å². The van der Waals surface area contributed by atoms with Crippen LogP contribution in [-0.4, -0.2) is 12.8 Å². The van der Waals surface area contributed by atoms with Crippen molar-refractivity contribution in [2.45, 2.75) is 0 Å². The number of benzene rings is 2. The van der Waals surface area contributed by atoms with Gasteiger partial charge in [0.05, 0.1) is 11.0 Å². The van der Waals surface area contributed by atoms with Crippen LogP contribution >= 0.6 is 11.6 Å². The Morgan fingerprint density at radius 3 is 2.47 bits per heavy atom. The second-order valence-corrected chi connectivity index (χ2v) is 4.40. The van der Waals surface area contributed by atoms with Crippen LogP contribution in [0.3, 0.4) is 0 Å². The molecule has 0 aliphatic carbocycles. The van der Waals surface area contributed by atoms with Gasteiger partial charge in [-0.15, -0.1) is 4.91 Å². The molecule has 2 aromatic carbocycles. The Labute approximate surface area is 115 Å². The van der Waals surface area contributed by atoms with E-state index in [1.165, 1.54) is 13.1 Å². The van der Waals surface area contributed by atoms with Crippen molar-refractivity contribution in [2.24, 2.45) is 5.29 Å². The molecule has 0 fully saturated rings. The molecule has 0 radical (unpaired) electrons. The van der Waals surface area contributed by atoms with Gasteiger partial charge in [-0.2, -0.15) is 0 Å². The molecule has 0 N–H and O–H groups in total. The minimum Gasteiger partial charge on any atom is -0.289 e. The molecule has 2 rings (SSSR count). The van der Waals surface area contributed by atoms with Gasteiger partial charge in [0.15, 0.2) is 5.78 Å². The molecule has 0 saturated heterocycles. The van der Waals surface area contributed by atoms with E-state index in [0.717, 1.165) is 5.01 Å². The predicted octanol–water partition coefficient (Wildman–Crippen LogP) is 3.69. The average Bonchev–Trinajstić information content (AvgIpc) is 2.46. The third-order valence-electron chi connectivity index (χ3n) is 2.71. The molecule has 0 bridgehead atoms. The van der Waals surface area contributed by atoms with E-state index in [0.29, 0.717) is 21.8 Å². The van der Waals surface area contributed by atoms with Gasteiger partial charge in [0, 0.05) is 23.2 Å². The van der Waals surface area contributed by atoms with Gasteiger partial charge in [-0.3, -0.25) is 4.79 Å². The zero-order chi connectivity index (χ0) is 13.8. The normalized spacial score (nSPS) is 10.0. The van der Waals surface area contributed by atoms with Gasteiger partial charge in [0.1, 0.15) is 0 Å². The molecule has 0 aliphatic heterocycles. The molecule has 0 heterocycles. The quantitative estimate of drug-likeness (QED) is 0.485. The Morgan fingerprint density at radius 2 is 1.84 bits per heavy atom. The third kappa shape index (κ3) is 2.80. The van der Waals surface area contributed by atoms with Crippen LogP contribution in [0.5, 0.6) is 0 Å². The Bertz CT molecular complexity index is 614. The lowest BCUT2D eigenvalue weighted by Gasteiger charge is -2.13. The molecule has 19 heavy (non-hydrogen) atoms. The molecule has 96 valence electrons. The van der Waals surface area contributed by atoms with Crippen LogP contribution in [0.15, 0.2) is 53.8 Å². The van der Waals surface area contributed by atoms with E-state index >= 15 is 0 Å². The zero-order valence-corrected chi connectivity index (χ0v) is 11.0. The Balaban J connectivity index is 2.52. The standard InChI is InChI=1S/C14H11ClN2O2/c1-17(16-19)13-8-7-11(15)9-12(13)14(18)10-5-3-2-4-6-10/h2-9H,1H3. The topological polar surface area (TPSA) is 49.7 Å². The fraction of sp³-hybridized carbons (Fsp3) is 0.0714. The van der Waals surface area contributed by atoms with E-state index in [4.69, 9.17) is 11.6 Å². The highest BCUT2D eigenvalue weighted by atomic mass is 35.5. The number of ketones is 1. The molecule has 4 nitrogen and oxygen atoms in total. The first kappa shape index (κ1) is 13.2. The SMILES string of the molecule is CN(N=O)c1ccc(Cl)cc1C(=O)c1ccccc1. The van der Waals surface area contributed by atoms with Crippen LogP contribution < -0.4 is 5.01 Å². The highest BCUT2D eigenvalue weighted by Gasteiger charge is 2.17. The summed E-state index contributed by atoms with van der Waals surface area (Å²) in [6, 6.07) is 13.5. The molecule has 0 atom stereocenters. The zero-order valence-electron chi connectivity index (χ0n) is 10.2. The Hall–Kier alpha value is -2.20. The monoisotopic (exact) mass is 274 g/mol. The Kier molecular flexibility index (Phi) is 3.92. The van der Waals surface area contributed by atoms with Crippen molar-refractivity contribution in [1.82, 2.24) is 0 Å². The molecule has 0 unspecified atom stereocenters.